The van der Waals surface area contributed by atoms with Crippen LogP contribution in [-0.4, -0.2) is 0 Å². The Morgan fingerprint density at radius 1 is 1.06 bits per heavy atom. The highest BCUT2D eigenvalue weighted by molar-refractivity contribution is 6.30. The minimum absolute atomic E-state index is 0.704. The second-order valence-electron chi connectivity index (χ2n) is 4.54. The average Bonchev–Trinajstić information content (AvgIpc) is 2.28. The Morgan fingerprint density at radius 2 is 1.88 bits per heavy atom. The Bertz CT molecular complexity index is 293. The van der Waals surface area contributed by atoms with Gasteiger partial charge >= 0.3 is 0 Å². The lowest BCUT2D eigenvalue weighted by Gasteiger charge is -2.16. The lowest BCUT2D eigenvalue weighted by molar-refractivity contribution is 0.529. The van der Waals surface area contributed by atoms with Crippen LogP contribution in [0.3, 0.4) is 0 Å². The van der Waals surface area contributed by atoms with Crippen molar-refractivity contribution < 1.29 is 0 Å². The van der Waals surface area contributed by atoms with Crippen LogP contribution in [0.5, 0.6) is 0 Å². The van der Waals surface area contributed by atoms with Crippen LogP contribution in [0.2, 0.25) is 5.02 Å². The lowest BCUT2D eigenvalue weighted by Crippen LogP contribution is -1.98. The van der Waals surface area contributed by atoms with E-state index in [1.165, 1.54) is 44.1 Å². The molecule has 1 atom stereocenters. The van der Waals surface area contributed by atoms with Crippen molar-refractivity contribution in [3.63, 3.8) is 0 Å². The first-order chi connectivity index (χ1) is 7.77. The average molecular weight is 239 g/mol. The summed E-state index contributed by atoms with van der Waals surface area (Å²) >= 11 is 6.05. The molecule has 0 nitrogen and oxygen atoms in total. The molecule has 0 aliphatic carbocycles. The molecule has 0 bridgehead atoms. The number of unbranched alkanes of at least 4 members (excludes halogenated alkanes) is 2. The van der Waals surface area contributed by atoms with Gasteiger partial charge in [-0.1, -0.05) is 63.3 Å². The fourth-order valence-electron chi connectivity index (χ4n) is 2.23. The maximum atomic E-state index is 6.05. The molecule has 1 heteroatoms. The Morgan fingerprint density at radius 3 is 2.50 bits per heavy atom. The van der Waals surface area contributed by atoms with Gasteiger partial charge in [-0.05, 0) is 36.5 Å². The fourth-order valence-corrected chi connectivity index (χ4v) is 2.43. The van der Waals surface area contributed by atoms with E-state index < -0.39 is 0 Å². The molecule has 0 saturated carbocycles. The maximum absolute atomic E-state index is 6.05. The van der Waals surface area contributed by atoms with Crippen molar-refractivity contribution in [2.45, 2.75) is 58.3 Å². The van der Waals surface area contributed by atoms with Gasteiger partial charge in [-0.2, -0.15) is 0 Å². The highest BCUT2D eigenvalue weighted by atomic mass is 35.5. The molecule has 1 rings (SSSR count). The smallest absolute Gasteiger partial charge is 0.0408 e. The van der Waals surface area contributed by atoms with E-state index >= 15 is 0 Å². The second kappa shape index (κ2) is 7.73. The number of halogens is 1. The van der Waals surface area contributed by atoms with Crippen LogP contribution in [0.15, 0.2) is 24.3 Å². The van der Waals surface area contributed by atoms with E-state index in [1.807, 2.05) is 6.07 Å². The summed E-state index contributed by atoms with van der Waals surface area (Å²) in [6, 6.07) is 8.38. The monoisotopic (exact) mass is 238 g/mol. The Hall–Kier alpha value is -0.490. The molecule has 0 spiro atoms. The van der Waals surface area contributed by atoms with Gasteiger partial charge in [0.25, 0.3) is 0 Å². The highest BCUT2D eigenvalue weighted by Gasteiger charge is 2.10. The topological polar surface area (TPSA) is 0 Å². The molecule has 1 aromatic carbocycles. The van der Waals surface area contributed by atoms with E-state index in [0.29, 0.717) is 5.92 Å². The molecule has 1 aromatic rings. The van der Waals surface area contributed by atoms with Crippen molar-refractivity contribution in [2.24, 2.45) is 0 Å². The van der Waals surface area contributed by atoms with E-state index in [4.69, 9.17) is 11.6 Å². The predicted molar refractivity (Wildman–Crippen MR) is 73.2 cm³/mol. The third kappa shape index (κ3) is 4.57. The first-order valence-electron chi connectivity index (χ1n) is 6.53. The minimum atomic E-state index is 0.704. The molecule has 0 heterocycles. The van der Waals surface area contributed by atoms with E-state index in [-0.39, 0.29) is 0 Å². The Labute approximate surface area is 105 Å². The zero-order valence-electron chi connectivity index (χ0n) is 10.5. The predicted octanol–water partition coefficient (Wildman–Crippen LogP) is 5.80. The zero-order valence-corrected chi connectivity index (χ0v) is 11.3. The molecule has 90 valence electrons. The van der Waals surface area contributed by atoms with Gasteiger partial charge < -0.3 is 0 Å². The Balaban J connectivity index is 2.61. The van der Waals surface area contributed by atoms with Gasteiger partial charge in [0.1, 0.15) is 0 Å². The summed E-state index contributed by atoms with van der Waals surface area (Å²) in [6.45, 7) is 4.52. The van der Waals surface area contributed by atoms with Crippen molar-refractivity contribution in [3.8, 4) is 0 Å². The summed E-state index contributed by atoms with van der Waals surface area (Å²) in [5.74, 6) is 0.704. The maximum Gasteiger partial charge on any atom is 0.0408 e. The van der Waals surface area contributed by atoms with E-state index in [1.54, 1.807) is 0 Å². The van der Waals surface area contributed by atoms with E-state index in [0.717, 1.165) is 5.02 Å². The van der Waals surface area contributed by atoms with Gasteiger partial charge in [0.15, 0.2) is 0 Å². The second-order valence-corrected chi connectivity index (χ2v) is 4.97. The summed E-state index contributed by atoms with van der Waals surface area (Å²) in [6.07, 6.45) is 7.83. The summed E-state index contributed by atoms with van der Waals surface area (Å²) in [7, 11) is 0. The summed E-state index contributed by atoms with van der Waals surface area (Å²) < 4.78 is 0. The van der Waals surface area contributed by atoms with Crippen LogP contribution in [-0.2, 0) is 0 Å². The number of rotatable bonds is 7. The molecule has 0 aliphatic heterocycles. The number of benzene rings is 1. The highest BCUT2D eigenvalue weighted by Crippen LogP contribution is 2.28. The van der Waals surface area contributed by atoms with Gasteiger partial charge in [0.05, 0.1) is 0 Å². The summed E-state index contributed by atoms with van der Waals surface area (Å²) in [5, 5.41) is 0.870. The molecule has 16 heavy (non-hydrogen) atoms. The largest absolute Gasteiger partial charge is 0.0843 e. The standard InChI is InChI=1S/C15H23Cl/c1-3-5-6-9-13(8-4-2)14-10-7-11-15(16)12-14/h7,10-13H,3-6,8-9H2,1-2H3. The quantitative estimate of drug-likeness (QED) is 0.527. The molecule has 1 unspecified atom stereocenters. The van der Waals surface area contributed by atoms with Crippen LogP contribution >= 0.6 is 11.6 Å². The zero-order chi connectivity index (χ0) is 11.8. The summed E-state index contributed by atoms with van der Waals surface area (Å²) in [4.78, 5) is 0. The van der Waals surface area contributed by atoms with E-state index in [9.17, 15) is 0 Å². The fraction of sp³-hybridized carbons (Fsp3) is 0.600. The van der Waals surface area contributed by atoms with Crippen molar-refractivity contribution in [2.75, 3.05) is 0 Å². The van der Waals surface area contributed by atoms with Crippen molar-refractivity contribution in [1.82, 2.24) is 0 Å². The SMILES string of the molecule is CCCCCC(CCC)c1cccc(Cl)c1. The van der Waals surface area contributed by atoms with Crippen molar-refractivity contribution in [1.29, 1.82) is 0 Å². The summed E-state index contributed by atoms with van der Waals surface area (Å²) in [5.41, 5.74) is 1.42. The molecule has 0 amide bonds. The van der Waals surface area contributed by atoms with Gasteiger partial charge in [-0.3, -0.25) is 0 Å². The lowest BCUT2D eigenvalue weighted by atomic mass is 9.89. The van der Waals surface area contributed by atoms with Gasteiger partial charge in [0, 0.05) is 5.02 Å². The molecule has 0 aliphatic rings. The van der Waals surface area contributed by atoms with E-state index in [2.05, 4.69) is 32.0 Å². The third-order valence-electron chi connectivity index (χ3n) is 3.11. The van der Waals surface area contributed by atoms with Crippen LogP contribution in [0, 0.1) is 0 Å². The van der Waals surface area contributed by atoms with Crippen molar-refractivity contribution in [3.05, 3.63) is 34.9 Å². The van der Waals surface area contributed by atoms with Gasteiger partial charge in [0.2, 0.25) is 0 Å². The normalized spacial score (nSPS) is 12.7. The Kier molecular flexibility index (Phi) is 6.56. The molecule has 0 aromatic heterocycles. The van der Waals surface area contributed by atoms with Crippen LogP contribution in [0.1, 0.15) is 63.9 Å². The molecule has 0 saturated heterocycles. The molecule has 0 N–H and O–H groups in total. The van der Waals surface area contributed by atoms with Crippen molar-refractivity contribution >= 4 is 11.6 Å². The number of hydrogen-bond donors (Lipinski definition) is 0. The molecular formula is C15H23Cl. The molecule has 0 radical (unpaired) electrons. The van der Waals surface area contributed by atoms with Crippen LogP contribution < -0.4 is 0 Å². The van der Waals surface area contributed by atoms with Crippen LogP contribution in [0.25, 0.3) is 0 Å². The first-order valence-corrected chi connectivity index (χ1v) is 6.91. The number of hydrogen-bond acceptors (Lipinski definition) is 0. The first kappa shape index (κ1) is 13.6. The van der Waals surface area contributed by atoms with Gasteiger partial charge in [-0.15, -0.1) is 0 Å². The third-order valence-corrected chi connectivity index (χ3v) is 3.35. The van der Waals surface area contributed by atoms with Crippen LogP contribution in [0.4, 0.5) is 0 Å². The molecule has 0 fully saturated rings. The van der Waals surface area contributed by atoms with Gasteiger partial charge in [-0.25, -0.2) is 0 Å². The minimum Gasteiger partial charge on any atom is -0.0843 e. The molecular weight excluding hydrogens is 216 g/mol.